The van der Waals surface area contributed by atoms with Gasteiger partial charge in [-0.05, 0) is 13.8 Å². The SMILES string of the molecule is CC=C(C)C1COC1. The molecule has 0 atom stereocenters. The summed E-state index contributed by atoms with van der Waals surface area (Å²) in [6, 6.07) is 0. The Labute approximate surface area is 50.3 Å². The zero-order valence-electron chi connectivity index (χ0n) is 5.48. The minimum absolute atomic E-state index is 0.736. The third kappa shape index (κ3) is 0.920. The van der Waals surface area contributed by atoms with E-state index in [1.807, 2.05) is 0 Å². The Morgan fingerprint density at radius 2 is 2.25 bits per heavy atom. The summed E-state index contributed by atoms with van der Waals surface area (Å²) in [4.78, 5) is 0. The Hall–Kier alpha value is -0.300. The molecule has 0 N–H and O–H groups in total. The number of hydrogen-bond donors (Lipinski definition) is 0. The average molecular weight is 112 g/mol. The van der Waals surface area contributed by atoms with Crippen molar-refractivity contribution in [1.29, 1.82) is 0 Å². The summed E-state index contributed by atoms with van der Waals surface area (Å²) in [7, 11) is 0. The summed E-state index contributed by atoms with van der Waals surface area (Å²) in [5, 5.41) is 0. The molecule has 1 heterocycles. The summed E-state index contributed by atoms with van der Waals surface area (Å²) in [6.45, 7) is 6.12. The van der Waals surface area contributed by atoms with Gasteiger partial charge in [-0.15, -0.1) is 0 Å². The zero-order chi connectivity index (χ0) is 5.98. The first kappa shape index (κ1) is 5.83. The fourth-order valence-electron chi connectivity index (χ4n) is 0.734. The van der Waals surface area contributed by atoms with Crippen molar-refractivity contribution < 1.29 is 4.74 Å². The lowest BCUT2D eigenvalue weighted by Gasteiger charge is -2.26. The molecule has 1 saturated heterocycles. The molecule has 0 amide bonds. The molecule has 0 bridgehead atoms. The van der Waals surface area contributed by atoms with Gasteiger partial charge in [0.15, 0.2) is 0 Å². The van der Waals surface area contributed by atoms with E-state index in [1.165, 1.54) is 5.57 Å². The molecule has 0 aromatic rings. The molecule has 0 aromatic heterocycles. The Balaban J connectivity index is 2.34. The van der Waals surface area contributed by atoms with Crippen LogP contribution in [0.3, 0.4) is 0 Å². The van der Waals surface area contributed by atoms with E-state index in [9.17, 15) is 0 Å². The van der Waals surface area contributed by atoms with Crippen LogP contribution in [0.4, 0.5) is 0 Å². The standard InChI is InChI=1S/C7H12O/c1-3-6(2)7-4-8-5-7/h3,7H,4-5H2,1-2H3. The van der Waals surface area contributed by atoms with Gasteiger partial charge in [0.05, 0.1) is 13.2 Å². The molecule has 1 aliphatic heterocycles. The van der Waals surface area contributed by atoms with Crippen molar-refractivity contribution in [2.75, 3.05) is 13.2 Å². The van der Waals surface area contributed by atoms with Gasteiger partial charge in [0.2, 0.25) is 0 Å². The van der Waals surface area contributed by atoms with Gasteiger partial charge in [-0.2, -0.15) is 0 Å². The van der Waals surface area contributed by atoms with Crippen molar-refractivity contribution >= 4 is 0 Å². The van der Waals surface area contributed by atoms with Crippen molar-refractivity contribution in [1.82, 2.24) is 0 Å². The van der Waals surface area contributed by atoms with Gasteiger partial charge in [-0.1, -0.05) is 11.6 Å². The Morgan fingerprint density at radius 1 is 1.62 bits per heavy atom. The lowest BCUT2D eigenvalue weighted by Crippen LogP contribution is -2.28. The Kier molecular flexibility index (Phi) is 1.69. The predicted molar refractivity (Wildman–Crippen MR) is 33.7 cm³/mol. The van der Waals surface area contributed by atoms with Crippen molar-refractivity contribution in [3.63, 3.8) is 0 Å². The lowest BCUT2D eigenvalue weighted by molar-refractivity contribution is -0.0133. The molecule has 8 heavy (non-hydrogen) atoms. The van der Waals surface area contributed by atoms with E-state index in [-0.39, 0.29) is 0 Å². The van der Waals surface area contributed by atoms with Crippen molar-refractivity contribution in [3.05, 3.63) is 11.6 Å². The Bertz CT molecular complexity index is 101. The van der Waals surface area contributed by atoms with Crippen LogP contribution in [0.5, 0.6) is 0 Å². The summed E-state index contributed by atoms with van der Waals surface area (Å²) < 4.78 is 5.02. The van der Waals surface area contributed by atoms with Crippen LogP contribution in [0, 0.1) is 5.92 Å². The number of allylic oxidation sites excluding steroid dienone is 1. The molecular formula is C7H12O. The van der Waals surface area contributed by atoms with E-state index < -0.39 is 0 Å². The fourth-order valence-corrected chi connectivity index (χ4v) is 0.734. The van der Waals surface area contributed by atoms with Gasteiger partial charge in [-0.25, -0.2) is 0 Å². The normalized spacial score (nSPS) is 23.0. The van der Waals surface area contributed by atoms with Crippen LogP contribution in [0.15, 0.2) is 11.6 Å². The van der Waals surface area contributed by atoms with Gasteiger partial charge in [0.1, 0.15) is 0 Å². The van der Waals surface area contributed by atoms with Gasteiger partial charge in [0, 0.05) is 5.92 Å². The molecule has 0 spiro atoms. The van der Waals surface area contributed by atoms with Gasteiger partial charge >= 0.3 is 0 Å². The maximum absolute atomic E-state index is 5.02. The number of ether oxygens (including phenoxy) is 1. The maximum Gasteiger partial charge on any atom is 0.0553 e. The monoisotopic (exact) mass is 112 g/mol. The van der Waals surface area contributed by atoms with Crippen LogP contribution in [0.1, 0.15) is 13.8 Å². The smallest absolute Gasteiger partial charge is 0.0553 e. The molecule has 0 aromatic carbocycles. The second kappa shape index (κ2) is 2.31. The lowest BCUT2D eigenvalue weighted by atomic mass is 9.99. The summed E-state index contributed by atoms with van der Waals surface area (Å²) in [5.74, 6) is 0.736. The van der Waals surface area contributed by atoms with Crippen LogP contribution < -0.4 is 0 Å². The van der Waals surface area contributed by atoms with E-state index in [0.29, 0.717) is 0 Å². The quantitative estimate of drug-likeness (QED) is 0.468. The van der Waals surface area contributed by atoms with Crippen LogP contribution in [0.2, 0.25) is 0 Å². The summed E-state index contributed by atoms with van der Waals surface area (Å²) in [6.07, 6.45) is 2.16. The summed E-state index contributed by atoms with van der Waals surface area (Å²) >= 11 is 0. The molecule has 1 aliphatic rings. The third-order valence-electron chi connectivity index (χ3n) is 1.74. The van der Waals surface area contributed by atoms with Gasteiger partial charge < -0.3 is 4.74 Å². The van der Waals surface area contributed by atoms with Crippen molar-refractivity contribution in [3.8, 4) is 0 Å². The highest BCUT2D eigenvalue weighted by molar-refractivity contribution is 5.04. The minimum atomic E-state index is 0.736. The third-order valence-corrected chi connectivity index (χ3v) is 1.74. The second-order valence-corrected chi connectivity index (χ2v) is 2.27. The molecular weight excluding hydrogens is 100 g/mol. The van der Waals surface area contributed by atoms with Crippen LogP contribution in [0.25, 0.3) is 0 Å². The average Bonchev–Trinajstić information content (AvgIpc) is 1.62. The molecule has 0 saturated carbocycles. The Morgan fingerprint density at radius 3 is 2.38 bits per heavy atom. The van der Waals surface area contributed by atoms with Gasteiger partial charge in [-0.3, -0.25) is 0 Å². The molecule has 0 aliphatic carbocycles. The molecule has 1 rings (SSSR count). The fraction of sp³-hybridized carbons (Fsp3) is 0.714. The van der Waals surface area contributed by atoms with E-state index in [0.717, 1.165) is 19.1 Å². The highest BCUT2D eigenvalue weighted by Crippen LogP contribution is 2.18. The first-order valence-corrected chi connectivity index (χ1v) is 3.05. The first-order valence-electron chi connectivity index (χ1n) is 3.05. The van der Waals surface area contributed by atoms with E-state index in [1.54, 1.807) is 0 Å². The molecule has 0 radical (unpaired) electrons. The highest BCUT2D eigenvalue weighted by Gasteiger charge is 2.18. The molecule has 46 valence electrons. The molecule has 1 heteroatoms. The predicted octanol–water partition coefficient (Wildman–Crippen LogP) is 1.60. The van der Waals surface area contributed by atoms with Gasteiger partial charge in [0.25, 0.3) is 0 Å². The molecule has 0 unspecified atom stereocenters. The number of hydrogen-bond acceptors (Lipinski definition) is 1. The van der Waals surface area contributed by atoms with Crippen LogP contribution in [-0.2, 0) is 4.74 Å². The largest absolute Gasteiger partial charge is 0.380 e. The van der Waals surface area contributed by atoms with Crippen molar-refractivity contribution in [2.45, 2.75) is 13.8 Å². The van der Waals surface area contributed by atoms with E-state index >= 15 is 0 Å². The highest BCUT2D eigenvalue weighted by atomic mass is 16.5. The minimum Gasteiger partial charge on any atom is -0.380 e. The number of rotatable bonds is 1. The molecule has 1 fully saturated rings. The van der Waals surface area contributed by atoms with E-state index in [4.69, 9.17) is 4.74 Å². The molecule has 1 nitrogen and oxygen atoms in total. The van der Waals surface area contributed by atoms with Crippen molar-refractivity contribution in [2.24, 2.45) is 5.92 Å². The van der Waals surface area contributed by atoms with E-state index in [2.05, 4.69) is 19.9 Å². The summed E-state index contributed by atoms with van der Waals surface area (Å²) in [5.41, 5.74) is 1.47. The maximum atomic E-state index is 5.02. The zero-order valence-corrected chi connectivity index (χ0v) is 5.48. The first-order chi connectivity index (χ1) is 3.84. The van der Waals surface area contributed by atoms with Crippen LogP contribution >= 0.6 is 0 Å². The topological polar surface area (TPSA) is 9.23 Å². The van der Waals surface area contributed by atoms with Crippen LogP contribution in [-0.4, -0.2) is 13.2 Å². The second-order valence-electron chi connectivity index (χ2n) is 2.27.